The molecule has 0 aliphatic rings. The number of hydrogen-bond donors (Lipinski definition) is 1. The standard InChI is InChI=1S/C19H18ClN3OS/c1-3-12(2)13-6-8-14(9-7-13)16-11-25-19(22-16)23-18(24)15-5-4-10-21-17(15)20/h4-12H,3H2,1-2H3,(H,22,23,24). The second-order valence-corrected chi connectivity index (χ2v) is 6.98. The van der Waals surface area contributed by atoms with Gasteiger partial charge in [-0.2, -0.15) is 0 Å². The molecule has 0 radical (unpaired) electrons. The average molecular weight is 372 g/mol. The molecule has 0 bridgehead atoms. The van der Waals surface area contributed by atoms with Gasteiger partial charge in [-0.05, 0) is 30.0 Å². The van der Waals surface area contributed by atoms with Gasteiger partial charge in [0, 0.05) is 17.1 Å². The van der Waals surface area contributed by atoms with Gasteiger partial charge in [-0.3, -0.25) is 10.1 Å². The Morgan fingerprint density at radius 3 is 2.72 bits per heavy atom. The summed E-state index contributed by atoms with van der Waals surface area (Å²) in [5.74, 6) is 0.231. The van der Waals surface area contributed by atoms with Crippen molar-refractivity contribution in [1.82, 2.24) is 9.97 Å². The van der Waals surface area contributed by atoms with E-state index in [4.69, 9.17) is 11.6 Å². The summed E-state index contributed by atoms with van der Waals surface area (Å²) >= 11 is 7.33. The van der Waals surface area contributed by atoms with E-state index >= 15 is 0 Å². The minimum Gasteiger partial charge on any atom is -0.298 e. The molecule has 0 aliphatic heterocycles. The zero-order chi connectivity index (χ0) is 17.8. The van der Waals surface area contributed by atoms with Gasteiger partial charge in [0.15, 0.2) is 5.13 Å². The van der Waals surface area contributed by atoms with Crippen molar-refractivity contribution in [2.45, 2.75) is 26.2 Å². The fourth-order valence-corrected chi connectivity index (χ4v) is 3.32. The summed E-state index contributed by atoms with van der Waals surface area (Å²) in [5.41, 5.74) is 3.52. The number of hydrogen-bond acceptors (Lipinski definition) is 4. The molecule has 0 saturated heterocycles. The van der Waals surface area contributed by atoms with Crippen LogP contribution in [0.3, 0.4) is 0 Å². The predicted molar refractivity (Wildman–Crippen MR) is 103 cm³/mol. The molecule has 1 aromatic carbocycles. The van der Waals surface area contributed by atoms with Crippen LogP contribution in [0.4, 0.5) is 5.13 Å². The maximum Gasteiger partial charge on any atom is 0.260 e. The SMILES string of the molecule is CCC(C)c1ccc(-c2csc(NC(=O)c3cccnc3Cl)n2)cc1. The normalized spacial score (nSPS) is 12.0. The van der Waals surface area contributed by atoms with Crippen molar-refractivity contribution in [2.75, 3.05) is 5.32 Å². The number of carbonyl (C=O) groups excluding carboxylic acids is 1. The van der Waals surface area contributed by atoms with Crippen molar-refractivity contribution in [3.63, 3.8) is 0 Å². The van der Waals surface area contributed by atoms with Crippen LogP contribution < -0.4 is 5.32 Å². The van der Waals surface area contributed by atoms with Crippen molar-refractivity contribution < 1.29 is 4.79 Å². The van der Waals surface area contributed by atoms with Gasteiger partial charge in [-0.25, -0.2) is 9.97 Å². The summed E-state index contributed by atoms with van der Waals surface area (Å²) in [5, 5.41) is 5.41. The highest BCUT2D eigenvalue weighted by Gasteiger charge is 2.13. The molecule has 1 atom stereocenters. The average Bonchev–Trinajstić information content (AvgIpc) is 3.10. The van der Waals surface area contributed by atoms with Gasteiger partial charge in [-0.15, -0.1) is 11.3 Å². The summed E-state index contributed by atoms with van der Waals surface area (Å²) in [6, 6.07) is 11.7. The lowest BCUT2D eigenvalue weighted by Gasteiger charge is -2.08. The Bertz CT molecular complexity index is 876. The molecule has 1 amide bonds. The Labute approximate surface area is 155 Å². The van der Waals surface area contributed by atoms with Crippen molar-refractivity contribution >= 4 is 34.0 Å². The number of anilines is 1. The zero-order valence-electron chi connectivity index (χ0n) is 14.0. The van der Waals surface area contributed by atoms with Crippen LogP contribution in [0.2, 0.25) is 5.15 Å². The largest absolute Gasteiger partial charge is 0.298 e. The van der Waals surface area contributed by atoms with E-state index in [0.717, 1.165) is 17.7 Å². The number of rotatable bonds is 5. The summed E-state index contributed by atoms with van der Waals surface area (Å²) in [7, 11) is 0. The van der Waals surface area contributed by atoms with Crippen LogP contribution in [0, 0.1) is 0 Å². The molecular weight excluding hydrogens is 354 g/mol. The number of nitrogens with one attached hydrogen (secondary N) is 1. The summed E-state index contributed by atoms with van der Waals surface area (Å²) in [6.45, 7) is 4.40. The summed E-state index contributed by atoms with van der Waals surface area (Å²) in [6.07, 6.45) is 2.66. The Balaban J connectivity index is 1.74. The molecule has 2 heterocycles. The highest BCUT2D eigenvalue weighted by Crippen LogP contribution is 2.27. The monoisotopic (exact) mass is 371 g/mol. The second kappa shape index (κ2) is 7.76. The molecule has 0 aliphatic carbocycles. The van der Waals surface area contributed by atoms with Gasteiger partial charge in [0.2, 0.25) is 0 Å². The third-order valence-electron chi connectivity index (χ3n) is 4.12. The van der Waals surface area contributed by atoms with Gasteiger partial charge in [0.05, 0.1) is 11.3 Å². The summed E-state index contributed by atoms with van der Waals surface area (Å²) in [4.78, 5) is 20.7. The minimum absolute atomic E-state index is 0.178. The Morgan fingerprint density at radius 2 is 2.04 bits per heavy atom. The highest BCUT2D eigenvalue weighted by atomic mass is 35.5. The number of aromatic nitrogens is 2. The lowest BCUT2D eigenvalue weighted by atomic mass is 9.97. The van der Waals surface area contributed by atoms with Gasteiger partial charge < -0.3 is 0 Å². The molecule has 1 unspecified atom stereocenters. The van der Waals surface area contributed by atoms with Crippen molar-refractivity contribution in [3.05, 3.63) is 64.3 Å². The fraction of sp³-hybridized carbons (Fsp3) is 0.211. The smallest absolute Gasteiger partial charge is 0.260 e. The van der Waals surface area contributed by atoms with Crippen LogP contribution in [0.5, 0.6) is 0 Å². The lowest BCUT2D eigenvalue weighted by molar-refractivity contribution is 0.102. The fourth-order valence-electron chi connectivity index (χ4n) is 2.40. The predicted octanol–water partition coefficient (Wildman–Crippen LogP) is 5.62. The molecular formula is C19H18ClN3OS. The van der Waals surface area contributed by atoms with E-state index in [1.807, 2.05) is 5.38 Å². The number of amides is 1. The Kier molecular flexibility index (Phi) is 5.46. The first-order valence-electron chi connectivity index (χ1n) is 8.06. The number of carbonyl (C=O) groups is 1. The van der Waals surface area contributed by atoms with Gasteiger partial charge in [0.1, 0.15) is 5.15 Å². The molecule has 0 saturated carbocycles. The molecule has 128 valence electrons. The first-order chi connectivity index (χ1) is 12.1. The topological polar surface area (TPSA) is 54.9 Å². The Hall–Kier alpha value is -2.24. The molecule has 0 spiro atoms. The van der Waals surface area contributed by atoms with Gasteiger partial charge in [-0.1, -0.05) is 49.7 Å². The van der Waals surface area contributed by atoms with Crippen molar-refractivity contribution in [3.8, 4) is 11.3 Å². The van der Waals surface area contributed by atoms with E-state index in [9.17, 15) is 4.79 Å². The maximum atomic E-state index is 12.3. The number of thiazole rings is 1. The third-order valence-corrected chi connectivity index (χ3v) is 5.18. The quantitative estimate of drug-likeness (QED) is 0.592. The van der Waals surface area contributed by atoms with Crippen LogP contribution in [0.15, 0.2) is 48.0 Å². The highest BCUT2D eigenvalue weighted by molar-refractivity contribution is 7.14. The van der Waals surface area contributed by atoms with Gasteiger partial charge >= 0.3 is 0 Å². The molecule has 6 heteroatoms. The van der Waals surface area contributed by atoms with E-state index in [0.29, 0.717) is 16.6 Å². The van der Waals surface area contributed by atoms with Crippen LogP contribution in [0.25, 0.3) is 11.3 Å². The molecule has 3 rings (SSSR count). The number of nitrogens with zero attached hydrogens (tertiary/aromatic N) is 2. The first kappa shape index (κ1) is 17.6. The second-order valence-electron chi connectivity index (χ2n) is 5.77. The number of pyridine rings is 1. The minimum atomic E-state index is -0.314. The van der Waals surface area contributed by atoms with Crippen LogP contribution in [-0.2, 0) is 0 Å². The van der Waals surface area contributed by atoms with E-state index < -0.39 is 0 Å². The molecule has 25 heavy (non-hydrogen) atoms. The molecule has 2 aromatic heterocycles. The van der Waals surface area contributed by atoms with Gasteiger partial charge in [0.25, 0.3) is 5.91 Å². The first-order valence-corrected chi connectivity index (χ1v) is 9.32. The number of halogens is 1. The van der Waals surface area contributed by atoms with E-state index in [1.54, 1.807) is 18.3 Å². The third kappa shape index (κ3) is 4.06. The summed E-state index contributed by atoms with van der Waals surface area (Å²) < 4.78 is 0. The molecule has 4 nitrogen and oxygen atoms in total. The van der Waals surface area contributed by atoms with Crippen LogP contribution >= 0.6 is 22.9 Å². The maximum absolute atomic E-state index is 12.3. The zero-order valence-corrected chi connectivity index (χ0v) is 15.6. The number of benzene rings is 1. The van der Waals surface area contributed by atoms with Crippen molar-refractivity contribution in [2.24, 2.45) is 0 Å². The van der Waals surface area contributed by atoms with Crippen molar-refractivity contribution in [1.29, 1.82) is 0 Å². The molecule has 0 fully saturated rings. The van der Waals surface area contributed by atoms with E-state index in [1.165, 1.54) is 16.9 Å². The Morgan fingerprint density at radius 1 is 1.28 bits per heavy atom. The van der Waals surface area contributed by atoms with Crippen LogP contribution in [0.1, 0.15) is 42.1 Å². The molecule has 1 N–H and O–H groups in total. The molecule has 3 aromatic rings. The van der Waals surface area contributed by atoms with E-state index in [2.05, 4.69) is 53.4 Å². The van der Waals surface area contributed by atoms with E-state index in [-0.39, 0.29) is 11.1 Å². The van der Waals surface area contributed by atoms with Crippen LogP contribution in [-0.4, -0.2) is 15.9 Å². The lowest BCUT2D eigenvalue weighted by Crippen LogP contribution is -2.12.